The molecular formula is C21H22F3N3OS. The first-order valence-corrected chi connectivity index (χ1v) is 10.1. The Morgan fingerprint density at radius 3 is 2.48 bits per heavy atom. The van der Waals surface area contributed by atoms with Crippen molar-refractivity contribution in [1.82, 2.24) is 10.3 Å². The molecule has 0 aliphatic rings. The van der Waals surface area contributed by atoms with E-state index >= 15 is 0 Å². The van der Waals surface area contributed by atoms with Crippen LogP contribution in [0.5, 0.6) is 0 Å². The highest BCUT2D eigenvalue weighted by molar-refractivity contribution is 8.00. The van der Waals surface area contributed by atoms with Gasteiger partial charge in [0.25, 0.3) is 0 Å². The second-order valence-corrected chi connectivity index (χ2v) is 7.85. The van der Waals surface area contributed by atoms with Crippen LogP contribution in [0.3, 0.4) is 0 Å². The topological polar surface area (TPSA) is 65.8 Å². The highest BCUT2D eigenvalue weighted by Gasteiger charge is 2.35. The van der Waals surface area contributed by atoms with E-state index < -0.39 is 17.3 Å². The fraction of sp³-hybridized carbons (Fsp3) is 0.381. The Kier molecular flexibility index (Phi) is 7.68. The van der Waals surface area contributed by atoms with Gasteiger partial charge in [-0.15, -0.1) is 0 Å². The molecule has 0 fully saturated rings. The van der Waals surface area contributed by atoms with Crippen molar-refractivity contribution in [2.75, 3.05) is 12.3 Å². The van der Waals surface area contributed by atoms with Crippen LogP contribution < -0.4 is 5.32 Å². The summed E-state index contributed by atoms with van der Waals surface area (Å²) in [5, 5.41) is 11.8. The third-order valence-corrected chi connectivity index (χ3v) is 5.23. The number of aryl methyl sites for hydroxylation is 1. The Balaban J connectivity index is 1.92. The summed E-state index contributed by atoms with van der Waals surface area (Å²) in [5.41, 5.74) is 0.895. The van der Waals surface area contributed by atoms with Crippen molar-refractivity contribution in [3.8, 4) is 6.07 Å². The van der Waals surface area contributed by atoms with Crippen molar-refractivity contribution in [1.29, 1.82) is 5.26 Å². The van der Waals surface area contributed by atoms with Crippen LogP contribution in [0.25, 0.3) is 0 Å². The molecule has 0 saturated carbocycles. The maximum absolute atomic E-state index is 13.1. The predicted molar refractivity (Wildman–Crippen MR) is 107 cm³/mol. The maximum atomic E-state index is 13.1. The molecule has 0 spiro atoms. The van der Waals surface area contributed by atoms with Crippen LogP contribution in [0.4, 0.5) is 13.2 Å². The van der Waals surface area contributed by atoms with Crippen molar-refractivity contribution < 1.29 is 18.0 Å². The van der Waals surface area contributed by atoms with E-state index in [4.69, 9.17) is 5.26 Å². The highest BCUT2D eigenvalue weighted by atomic mass is 32.2. The molecule has 0 saturated heterocycles. The number of nitriles is 1. The standard InChI is InChI=1S/C21H22F3N3OS/c1-13(2)16-6-4-15(5-7-16)8-9-26-19(28)12-29-20-17(11-25)18(21(22,23)24)10-14(3)27-20/h4-7,10,13H,8-9,12H2,1-3H3,(H,26,28). The van der Waals surface area contributed by atoms with E-state index in [0.29, 0.717) is 18.9 Å². The molecule has 0 unspecified atom stereocenters. The van der Waals surface area contributed by atoms with Crippen LogP contribution in [0.15, 0.2) is 35.4 Å². The number of halogens is 3. The summed E-state index contributed by atoms with van der Waals surface area (Å²) >= 11 is 0.830. The van der Waals surface area contributed by atoms with Crippen LogP contribution in [0.1, 0.15) is 47.7 Å². The van der Waals surface area contributed by atoms with Gasteiger partial charge in [0.1, 0.15) is 11.1 Å². The molecule has 2 aromatic rings. The van der Waals surface area contributed by atoms with Crippen molar-refractivity contribution in [2.45, 2.75) is 44.3 Å². The number of aromatic nitrogens is 1. The van der Waals surface area contributed by atoms with Crippen molar-refractivity contribution >= 4 is 17.7 Å². The number of nitrogens with zero attached hydrogens (tertiary/aromatic N) is 2. The molecule has 2 rings (SSSR count). The monoisotopic (exact) mass is 421 g/mol. The smallest absolute Gasteiger partial charge is 0.355 e. The van der Waals surface area contributed by atoms with Gasteiger partial charge < -0.3 is 5.32 Å². The second kappa shape index (κ2) is 9.79. The van der Waals surface area contributed by atoms with Gasteiger partial charge in [0, 0.05) is 12.2 Å². The molecule has 154 valence electrons. The number of thioether (sulfide) groups is 1. The molecule has 0 aliphatic heterocycles. The number of benzene rings is 1. The lowest BCUT2D eigenvalue weighted by Crippen LogP contribution is -2.27. The first-order valence-electron chi connectivity index (χ1n) is 9.09. The molecule has 1 aromatic heterocycles. The zero-order chi connectivity index (χ0) is 21.6. The van der Waals surface area contributed by atoms with E-state index in [1.54, 1.807) is 6.07 Å². The van der Waals surface area contributed by atoms with Crippen molar-refractivity contribution in [2.24, 2.45) is 0 Å². The molecule has 0 aliphatic carbocycles. The van der Waals surface area contributed by atoms with Gasteiger partial charge >= 0.3 is 6.18 Å². The Labute approximate surface area is 172 Å². The lowest BCUT2D eigenvalue weighted by molar-refractivity contribution is -0.138. The number of amides is 1. The summed E-state index contributed by atoms with van der Waals surface area (Å²) in [4.78, 5) is 16.1. The zero-order valence-corrected chi connectivity index (χ0v) is 17.2. The fourth-order valence-corrected chi connectivity index (χ4v) is 3.56. The third-order valence-electron chi connectivity index (χ3n) is 4.25. The molecule has 1 aromatic carbocycles. The minimum absolute atomic E-state index is 0.0840. The number of nitrogens with one attached hydrogen (secondary N) is 1. The lowest BCUT2D eigenvalue weighted by atomic mass is 10.0. The van der Waals surface area contributed by atoms with Crippen LogP contribution in [-0.2, 0) is 17.4 Å². The van der Waals surface area contributed by atoms with Crippen LogP contribution in [0, 0.1) is 18.3 Å². The molecule has 0 radical (unpaired) electrons. The van der Waals surface area contributed by atoms with Gasteiger partial charge in [0.15, 0.2) is 0 Å². The Hall–Kier alpha value is -2.53. The first-order chi connectivity index (χ1) is 13.6. The molecule has 1 N–H and O–H groups in total. The average molecular weight is 421 g/mol. The largest absolute Gasteiger partial charge is 0.417 e. The van der Waals surface area contributed by atoms with Gasteiger partial charge in [-0.3, -0.25) is 4.79 Å². The van der Waals surface area contributed by atoms with Gasteiger partial charge in [0.2, 0.25) is 5.91 Å². The molecule has 8 heteroatoms. The van der Waals surface area contributed by atoms with Crippen molar-refractivity contribution in [3.63, 3.8) is 0 Å². The number of hydrogen-bond donors (Lipinski definition) is 1. The molecule has 0 atom stereocenters. The minimum Gasteiger partial charge on any atom is -0.355 e. The van der Waals surface area contributed by atoms with Crippen LogP contribution >= 0.6 is 11.8 Å². The maximum Gasteiger partial charge on any atom is 0.417 e. The van der Waals surface area contributed by atoms with E-state index in [0.717, 1.165) is 23.4 Å². The summed E-state index contributed by atoms with van der Waals surface area (Å²) in [6.07, 6.45) is -4.00. The molecule has 4 nitrogen and oxygen atoms in total. The third kappa shape index (κ3) is 6.50. The number of rotatable bonds is 7. The molecular weight excluding hydrogens is 399 g/mol. The quantitative estimate of drug-likeness (QED) is 0.649. The fourth-order valence-electron chi connectivity index (χ4n) is 2.68. The SMILES string of the molecule is Cc1cc(C(F)(F)F)c(C#N)c(SCC(=O)NCCc2ccc(C(C)C)cc2)n1. The van der Waals surface area contributed by atoms with Gasteiger partial charge in [-0.1, -0.05) is 49.9 Å². The summed E-state index contributed by atoms with van der Waals surface area (Å²) in [6.45, 7) is 6.07. The van der Waals surface area contributed by atoms with Gasteiger partial charge in [-0.25, -0.2) is 4.98 Å². The zero-order valence-electron chi connectivity index (χ0n) is 16.4. The van der Waals surface area contributed by atoms with E-state index in [1.807, 2.05) is 12.1 Å². The minimum atomic E-state index is -4.65. The Morgan fingerprint density at radius 1 is 1.28 bits per heavy atom. The van der Waals surface area contributed by atoms with Crippen LogP contribution in [0.2, 0.25) is 0 Å². The molecule has 1 heterocycles. The van der Waals surface area contributed by atoms with E-state index in [9.17, 15) is 18.0 Å². The summed E-state index contributed by atoms with van der Waals surface area (Å²) in [7, 11) is 0. The average Bonchev–Trinajstić information content (AvgIpc) is 2.65. The van der Waals surface area contributed by atoms with Gasteiger partial charge in [-0.05, 0) is 36.5 Å². The highest BCUT2D eigenvalue weighted by Crippen LogP contribution is 2.35. The second-order valence-electron chi connectivity index (χ2n) is 6.89. The Bertz CT molecular complexity index is 903. The number of carbonyl (C=O) groups excluding carboxylic acids is 1. The number of carbonyl (C=O) groups is 1. The normalized spacial score (nSPS) is 11.4. The van der Waals surface area contributed by atoms with Gasteiger partial charge in [0.05, 0.1) is 16.9 Å². The van der Waals surface area contributed by atoms with E-state index in [-0.39, 0.29) is 22.4 Å². The molecule has 0 bridgehead atoms. The first kappa shape index (κ1) is 22.8. The van der Waals surface area contributed by atoms with Gasteiger partial charge in [-0.2, -0.15) is 18.4 Å². The van der Waals surface area contributed by atoms with Crippen molar-refractivity contribution in [3.05, 3.63) is 58.3 Å². The predicted octanol–water partition coefficient (Wildman–Crippen LogP) is 4.85. The lowest BCUT2D eigenvalue weighted by Gasteiger charge is -2.12. The number of alkyl halides is 3. The summed E-state index contributed by atoms with van der Waals surface area (Å²) in [5.74, 6) is 0.0102. The Morgan fingerprint density at radius 2 is 1.93 bits per heavy atom. The summed E-state index contributed by atoms with van der Waals surface area (Å²) in [6, 6.07) is 10.6. The molecule has 1 amide bonds. The van der Waals surface area contributed by atoms with Crippen LogP contribution in [-0.4, -0.2) is 23.2 Å². The molecule has 29 heavy (non-hydrogen) atoms. The van der Waals surface area contributed by atoms with E-state index in [1.165, 1.54) is 12.5 Å². The number of hydrogen-bond acceptors (Lipinski definition) is 4. The summed E-state index contributed by atoms with van der Waals surface area (Å²) < 4.78 is 39.4. The number of pyridine rings is 1. The van der Waals surface area contributed by atoms with E-state index in [2.05, 4.69) is 36.3 Å².